The van der Waals surface area contributed by atoms with Gasteiger partial charge in [-0.1, -0.05) is 53.2 Å². The van der Waals surface area contributed by atoms with Crippen LogP contribution in [0.15, 0.2) is 53.7 Å². The molecule has 0 aliphatic rings. The summed E-state index contributed by atoms with van der Waals surface area (Å²) in [6, 6.07) is 15.0. The molecule has 0 aliphatic heterocycles. The van der Waals surface area contributed by atoms with E-state index < -0.39 is 0 Å². The Balaban J connectivity index is 1.48. The molecular weight excluding hydrogens is 410 g/mol. The number of likely N-dealkylation sites (N-methyl/N-ethyl adjacent to an activating group) is 1. The first-order valence-electron chi connectivity index (χ1n) is 8.96. The lowest BCUT2D eigenvalue weighted by atomic mass is 10.1. The number of nitrogens with two attached hydrogens (primary N) is 1. The second kappa shape index (κ2) is 9.67. The van der Waals surface area contributed by atoms with Crippen LogP contribution in [0.1, 0.15) is 5.56 Å². The molecule has 0 bridgehead atoms. The fraction of sp³-hybridized carbons (Fsp3) is 0.250. The molecule has 0 spiro atoms. The summed E-state index contributed by atoms with van der Waals surface area (Å²) in [6.45, 7) is 2.87. The second-order valence-corrected chi connectivity index (χ2v) is 7.83. The molecule has 0 aliphatic carbocycles. The van der Waals surface area contributed by atoms with Gasteiger partial charge in [-0.3, -0.25) is 4.79 Å². The Kier molecular flexibility index (Phi) is 7.00. The number of nitrogens with zero attached hydrogens (tertiary/aromatic N) is 4. The van der Waals surface area contributed by atoms with Gasteiger partial charge in [0.2, 0.25) is 11.1 Å². The Morgan fingerprint density at radius 1 is 1.17 bits per heavy atom. The van der Waals surface area contributed by atoms with Crippen molar-refractivity contribution >= 4 is 29.3 Å². The zero-order chi connectivity index (χ0) is 20.8. The number of carbonyl (C=O) groups is 1. The molecule has 0 saturated carbocycles. The number of benzene rings is 2. The molecule has 0 atom stereocenters. The Morgan fingerprint density at radius 2 is 1.86 bits per heavy atom. The normalized spacial score (nSPS) is 10.7. The Hall–Kier alpha value is -2.71. The number of aryl methyl sites for hydroxylation is 1. The monoisotopic (exact) mass is 431 g/mol. The fourth-order valence-corrected chi connectivity index (χ4v) is 3.39. The van der Waals surface area contributed by atoms with Gasteiger partial charge in [0.05, 0.1) is 12.3 Å². The summed E-state index contributed by atoms with van der Waals surface area (Å²) in [5, 5.41) is 9.38. The van der Waals surface area contributed by atoms with Crippen LogP contribution in [-0.4, -0.2) is 51.6 Å². The lowest BCUT2D eigenvalue weighted by molar-refractivity contribution is -0.127. The van der Waals surface area contributed by atoms with E-state index in [0.717, 1.165) is 11.1 Å². The summed E-state index contributed by atoms with van der Waals surface area (Å²) in [5.74, 6) is 7.54. The highest BCUT2D eigenvalue weighted by Gasteiger charge is 2.15. The number of halogens is 1. The zero-order valence-electron chi connectivity index (χ0n) is 16.2. The van der Waals surface area contributed by atoms with Crippen molar-refractivity contribution in [2.45, 2.75) is 12.1 Å². The van der Waals surface area contributed by atoms with E-state index in [1.165, 1.54) is 16.4 Å². The van der Waals surface area contributed by atoms with Crippen molar-refractivity contribution in [3.05, 3.63) is 59.1 Å². The van der Waals surface area contributed by atoms with Gasteiger partial charge in [-0.15, -0.1) is 10.2 Å². The smallest absolute Gasteiger partial charge is 0.232 e. The van der Waals surface area contributed by atoms with E-state index in [1.54, 1.807) is 36.2 Å². The molecular formula is C20H22ClN5O2S. The number of amides is 1. The number of thioether (sulfide) groups is 1. The summed E-state index contributed by atoms with van der Waals surface area (Å²) in [6.07, 6.45) is 0. The second-order valence-electron chi connectivity index (χ2n) is 6.45. The lowest BCUT2D eigenvalue weighted by Gasteiger charge is -2.17. The number of hydrogen-bond donors (Lipinski definition) is 1. The first-order chi connectivity index (χ1) is 13.9. The molecule has 1 aromatic heterocycles. The molecule has 0 radical (unpaired) electrons. The average Bonchev–Trinajstić information content (AvgIpc) is 3.08. The molecule has 1 amide bonds. The van der Waals surface area contributed by atoms with Crippen LogP contribution in [0.2, 0.25) is 5.02 Å². The van der Waals surface area contributed by atoms with E-state index in [9.17, 15) is 4.79 Å². The van der Waals surface area contributed by atoms with E-state index in [1.807, 2.05) is 31.2 Å². The number of rotatable bonds is 8. The molecule has 2 aromatic carbocycles. The van der Waals surface area contributed by atoms with E-state index in [4.69, 9.17) is 22.2 Å². The molecule has 3 rings (SSSR count). The average molecular weight is 432 g/mol. The Bertz CT molecular complexity index is 960. The third-order valence-corrected chi connectivity index (χ3v) is 5.41. The van der Waals surface area contributed by atoms with Crippen LogP contribution in [0.3, 0.4) is 0 Å². The summed E-state index contributed by atoms with van der Waals surface area (Å²) in [7, 11) is 1.74. The van der Waals surface area contributed by atoms with Crippen LogP contribution in [-0.2, 0) is 4.79 Å². The number of nitrogen functional groups attached to an aromatic ring is 1. The summed E-state index contributed by atoms with van der Waals surface area (Å²) >= 11 is 7.10. The van der Waals surface area contributed by atoms with Crippen molar-refractivity contribution in [2.75, 3.05) is 31.8 Å². The summed E-state index contributed by atoms with van der Waals surface area (Å²) in [4.78, 5) is 14.0. The van der Waals surface area contributed by atoms with Crippen LogP contribution in [0, 0.1) is 6.92 Å². The molecule has 152 valence electrons. The number of ether oxygens (including phenoxy) is 1. The SMILES string of the molecule is Cc1ccc(-c2nnc(SCC(=O)N(C)CCOc3ccc(Cl)cc3)n2N)cc1. The molecule has 9 heteroatoms. The molecule has 0 saturated heterocycles. The van der Waals surface area contributed by atoms with E-state index >= 15 is 0 Å². The summed E-state index contributed by atoms with van der Waals surface area (Å²) in [5.41, 5.74) is 2.03. The summed E-state index contributed by atoms with van der Waals surface area (Å²) < 4.78 is 7.03. The van der Waals surface area contributed by atoms with Gasteiger partial charge in [0, 0.05) is 17.6 Å². The van der Waals surface area contributed by atoms with Crippen LogP contribution in [0.4, 0.5) is 0 Å². The number of carbonyl (C=O) groups excluding carboxylic acids is 1. The van der Waals surface area contributed by atoms with Crippen molar-refractivity contribution in [1.82, 2.24) is 19.8 Å². The van der Waals surface area contributed by atoms with Crippen molar-refractivity contribution in [1.29, 1.82) is 0 Å². The van der Waals surface area contributed by atoms with Gasteiger partial charge in [0.1, 0.15) is 12.4 Å². The molecule has 29 heavy (non-hydrogen) atoms. The minimum atomic E-state index is -0.0467. The molecule has 3 aromatic rings. The highest BCUT2D eigenvalue weighted by atomic mass is 35.5. The number of hydrogen-bond acceptors (Lipinski definition) is 6. The molecule has 0 unspecified atom stereocenters. The van der Waals surface area contributed by atoms with Gasteiger partial charge in [-0.2, -0.15) is 0 Å². The van der Waals surface area contributed by atoms with Crippen molar-refractivity contribution in [3.8, 4) is 17.1 Å². The largest absolute Gasteiger partial charge is 0.492 e. The first-order valence-corrected chi connectivity index (χ1v) is 10.3. The zero-order valence-corrected chi connectivity index (χ0v) is 17.8. The van der Waals surface area contributed by atoms with E-state index in [-0.39, 0.29) is 11.7 Å². The van der Waals surface area contributed by atoms with Crippen molar-refractivity contribution in [2.24, 2.45) is 0 Å². The van der Waals surface area contributed by atoms with Gasteiger partial charge >= 0.3 is 0 Å². The quantitative estimate of drug-likeness (QED) is 0.435. The highest BCUT2D eigenvalue weighted by Crippen LogP contribution is 2.22. The maximum Gasteiger partial charge on any atom is 0.232 e. The van der Waals surface area contributed by atoms with Crippen LogP contribution in [0.25, 0.3) is 11.4 Å². The van der Waals surface area contributed by atoms with Gasteiger partial charge in [0.25, 0.3) is 0 Å². The maximum atomic E-state index is 12.4. The minimum Gasteiger partial charge on any atom is -0.492 e. The lowest BCUT2D eigenvalue weighted by Crippen LogP contribution is -2.32. The number of aromatic nitrogens is 3. The Morgan fingerprint density at radius 3 is 2.55 bits per heavy atom. The highest BCUT2D eigenvalue weighted by molar-refractivity contribution is 7.99. The molecule has 0 fully saturated rings. The molecule has 7 nitrogen and oxygen atoms in total. The van der Waals surface area contributed by atoms with Crippen LogP contribution < -0.4 is 10.6 Å². The third-order valence-electron chi connectivity index (χ3n) is 4.23. The maximum absolute atomic E-state index is 12.4. The van der Waals surface area contributed by atoms with Crippen molar-refractivity contribution < 1.29 is 9.53 Å². The predicted octanol–water partition coefficient (Wildman–Crippen LogP) is 3.25. The van der Waals surface area contributed by atoms with Crippen LogP contribution in [0.5, 0.6) is 5.75 Å². The van der Waals surface area contributed by atoms with Gasteiger partial charge < -0.3 is 15.5 Å². The van der Waals surface area contributed by atoms with Gasteiger partial charge in [0.15, 0.2) is 5.82 Å². The van der Waals surface area contributed by atoms with Gasteiger partial charge in [-0.25, -0.2) is 4.68 Å². The third kappa shape index (κ3) is 5.65. The minimum absolute atomic E-state index is 0.0467. The molecule has 1 heterocycles. The van der Waals surface area contributed by atoms with Crippen LogP contribution >= 0.6 is 23.4 Å². The molecule has 2 N–H and O–H groups in total. The van der Waals surface area contributed by atoms with Gasteiger partial charge in [-0.05, 0) is 31.2 Å². The van der Waals surface area contributed by atoms with Crippen molar-refractivity contribution in [3.63, 3.8) is 0 Å². The first kappa shape index (κ1) is 21.0. The Labute approximate surface area is 178 Å². The van der Waals surface area contributed by atoms with E-state index in [2.05, 4.69) is 10.2 Å². The predicted molar refractivity (Wildman–Crippen MR) is 116 cm³/mol. The fourth-order valence-electron chi connectivity index (χ4n) is 2.47. The standard InChI is InChI=1S/C20H22ClN5O2S/c1-14-3-5-15(6-4-14)19-23-24-20(26(19)22)29-13-18(27)25(2)11-12-28-17-9-7-16(21)8-10-17/h3-10H,11-13,22H2,1-2H3. The van der Waals surface area contributed by atoms with E-state index in [0.29, 0.717) is 34.9 Å². The topological polar surface area (TPSA) is 86.3 Å².